The number of pyridine rings is 1. The Balaban J connectivity index is 2.11. The average Bonchev–Trinajstić information content (AvgIpc) is 2.93. The van der Waals surface area contributed by atoms with Crippen LogP contribution in [0.2, 0.25) is 5.02 Å². The summed E-state index contributed by atoms with van der Waals surface area (Å²) in [6.07, 6.45) is 1.56. The molecule has 0 saturated carbocycles. The SMILES string of the molecule is CCn1cc(C(=O)Nc2cc(C)[nH]n2)c(=O)c2cc(Cl)ccc21. The van der Waals surface area contributed by atoms with Gasteiger partial charge >= 0.3 is 0 Å². The van der Waals surface area contributed by atoms with Gasteiger partial charge in [0.2, 0.25) is 5.43 Å². The van der Waals surface area contributed by atoms with Crippen LogP contribution in [-0.4, -0.2) is 20.7 Å². The molecule has 0 aliphatic rings. The minimum absolute atomic E-state index is 0.0577. The van der Waals surface area contributed by atoms with E-state index in [1.807, 2.05) is 18.4 Å². The molecule has 1 amide bonds. The van der Waals surface area contributed by atoms with Gasteiger partial charge in [-0.05, 0) is 32.0 Å². The quantitative estimate of drug-likeness (QED) is 0.774. The third-order valence-corrected chi connectivity index (χ3v) is 3.81. The van der Waals surface area contributed by atoms with Gasteiger partial charge in [0.1, 0.15) is 5.56 Å². The van der Waals surface area contributed by atoms with Gasteiger partial charge in [-0.3, -0.25) is 14.7 Å². The number of fused-ring (bicyclic) bond motifs is 1. The molecule has 0 fully saturated rings. The lowest BCUT2D eigenvalue weighted by molar-refractivity contribution is 0.102. The van der Waals surface area contributed by atoms with Crippen molar-refractivity contribution in [2.24, 2.45) is 0 Å². The van der Waals surface area contributed by atoms with Gasteiger partial charge in [0.15, 0.2) is 5.82 Å². The molecule has 7 heteroatoms. The lowest BCUT2D eigenvalue weighted by Gasteiger charge is -2.11. The van der Waals surface area contributed by atoms with E-state index in [0.29, 0.717) is 22.8 Å². The van der Waals surface area contributed by atoms with Crippen LogP contribution >= 0.6 is 11.6 Å². The van der Waals surface area contributed by atoms with Crippen LogP contribution in [0.4, 0.5) is 5.82 Å². The molecule has 0 atom stereocenters. The summed E-state index contributed by atoms with van der Waals surface area (Å²) in [5, 5.41) is 10.2. The Kier molecular flexibility index (Phi) is 3.92. The summed E-state index contributed by atoms with van der Waals surface area (Å²) in [6.45, 7) is 4.39. The van der Waals surface area contributed by atoms with Crippen LogP contribution in [0.15, 0.2) is 35.3 Å². The number of carbonyl (C=O) groups excluding carboxylic acids is 1. The van der Waals surface area contributed by atoms with Gasteiger partial charge in [-0.25, -0.2) is 0 Å². The van der Waals surface area contributed by atoms with Gasteiger partial charge in [-0.1, -0.05) is 11.6 Å². The van der Waals surface area contributed by atoms with E-state index in [0.717, 1.165) is 11.2 Å². The Labute approximate surface area is 137 Å². The summed E-state index contributed by atoms with van der Waals surface area (Å²) in [5.41, 5.74) is 1.27. The van der Waals surface area contributed by atoms with Crippen molar-refractivity contribution in [3.8, 4) is 0 Å². The molecule has 0 unspecified atom stereocenters. The summed E-state index contributed by atoms with van der Waals surface area (Å²) in [5.74, 6) is -0.119. The van der Waals surface area contributed by atoms with Gasteiger partial charge in [0.25, 0.3) is 5.91 Å². The Morgan fingerprint density at radius 2 is 2.17 bits per heavy atom. The van der Waals surface area contributed by atoms with E-state index >= 15 is 0 Å². The number of halogens is 1. The zero-order valence-corrected chi connectivity index (χ0v) is 13.4. The molecule has 3 aromatic rings. The summed E-state index contributed by atoms with van der Waals surface area (Å²) in [6, 6.07) is 6.78. The van der Waals surface area contributed by atoms with Gasteiger partial charge < -0.3 is 9.88 Å². The second kappa shape index (κ2) is 5.89. The number of amides is 1. The zero-order valence-electron chi connectivity index (χ0n) is 12.7. The number of carbonyl (C=O) groups is 1. The third kappa shape index (κ3) is 2.85. The summed E-state index contributed by atoms with van der Waals surface area (Å²) < 4.78 is 1.85. The summed E-state index contributed by atoms with van der Waals surface area (Å²) in [4.78, 5) is 25.1. The van der Waals surface area contributed by atoms with Crippen LogP contribution < -0.4 is 10.7 Å². The number of rotatable bonds is 3. The fourth-order valence-corrected chi connectivity index (χ4v) is 2.63. The lowest BCUT2D eigenvalue weighted by atomic mass is 10.1. The maximum Gasteiger partial charge on any atom is 0.262 e. The van der Waals surface area contributed by atoms with Crippen molar-refractivity contribution in [1.29, 1.82) is 0 Å². The van der Waals surface area contributed by atoms with Crippen molar-refractivity contribution in [3.63, 3.8) is 0 Å². The summed E-state index contributed by atoms with van der Waals surface area (Å²) >= 11 is 5.99. The van der Waals surface area contributed by atoms with Crippen LogP contribution in [0.25, 0.3) is 10.9 Å². The first-order chi connectivity index (χ1) is 11.0. The Morgan fingerprint density at radius 3 is 2.83 bits per heavy atom. The number of nitrogens with one attached hydrogen (secondary N) is 2. The molecule has 118 valence electrons. The lowest BCUT2D eigenvalue weighted by Crippen LogP contribution is -2.24. The first kappa shape index (κ1) is 15.3. The molecule has 0 bridgehead atoms. The second-order valence-corrected chi connectivity index (χ2v) is 5.65. The van der Waals surface area contributed by atoms with Crippen molar-refractivity contribution in [2.45, 2.75) is 20.4 Å². The monoisotopic (exact) mass is 330 g/mol. The van der Waals surface area contributed by atoms with Gasteiger partial charge in [0, 0.05) is 34.9 Å². The molecule has 0 aliphatic heterocycles. The molecule has 0 saturated heterocycles. The van der Waals surface area contributed by atoms with Gasteiger partial charge in [-0.15, -0.1) is 0 Å². The van der Waals surface area contributed by atoms with Crippen molar-refractivity contribution in [2.75, 3.05) is 5.32 Å². The first-order valence-electron chi connectivity index (χ1n) is 7.15. The van der Waals surface area contributed by atoms with Gasteiger partial charge in [-0.2, -0.15) is 5.10 Å². The topological polar surface area (TPSA) is 79.8 Å². The number of nitrogens with zero attached hydrogens (tertiary/aromatic N) is 2. The van der Waals surface area contributed by atoms with E-state index in [2.05, 4.69) is 15.5 Å². The molecular weight excluding hydrogens is 316 g/mol. The highest BCUT2D eigenvalue weighted by atomic mass is 35.5. The number of aromatic amines is 1. The molecule has 1 aromatic carbocycles. The highest BCUT2D eigenvalue weighted by molar-refractivity contribution is 6.31. The summed E-state index contributed by atoms with van der Waals surface area (Å²) in [7, 11) is 0. The predicted molar refractivity (Wildman–Crippen MR) is 90.2 cm³/mol. The molecular formula is C16H15ClN4O2. The molecule has 3 rings (SSSR count). The van der Waals surface area contributed by atoms with E-state index in [-0.39, 0.29) is 11.0 Å². The number of aryl methyl sites for hydroxylation is 2. The third-order valence-electron chi connectivity index (χ3n) is 3.58. The van der Waals surface area contributed by atoms with Crippen molar-refractivity contribution in [1.82, 2.24) is 14.8 Å². The number of H-pyrrole nitrogens is 1. The molecule has 0 aliphatic carbocycles. The highest BCUT2D eigenvalue weighted by Gasteiger charge is 2.16. The van der Waals surface area contributed by atoms with E-state index in [1.54, 1.807) is 30.5 Å². The number of hydrogen-bond donors (Lipinski definition) is 2. The average molecular weight is 331 g/mol. The van der Waals surface area contributed by atoms with Crippen LogP contribution in [0, 0.1) is 6.92 Å². The number of benzene rings is 1. The number of hydrogen-bond acceptors (Lipinski definition) is 3. The van der Waals surface area contributed by atoms with E-state index in [1.165, 1.54) is 0 Å². The van der Waals surface area contributed by atoms with Crippen LogP contribution in [0.3, 0.4) is 0 Å². The van der Waals surface area contributed by atoms with Crippen LogP contribution in [0.1, 0.15) is 23.0 Å². The smallest absolute Gasteiger partial charge is 0.262 e. The number of anilines is 1. The first-order valence-corrected chi connectivity index (χ1v) is 7.53. The van der Waals surface area contributed by atoms with Crippen molar-refractivity contribution in [3.05, 3.63) is 57.0 Å². The van der Waals surface area contributed by atoms with E-state index < -0.39 is 5.91 Å². The van der Waals surface area contributed by atoms with E-state index in [4.69, 9.17) is 11.6 Å². The van der Waals surface area contributed by atoms with Crippen molar-refractivity contribution < 1.29 is 4.79 Å². The Morgan fingerprint density at radius 1 is 1.39 bits per heavy atom. The molecule has 0 spiro atoms. The fourth-order valence-electron chi connectivity index (χ4n) is 2.46. The maximum absolute atomic E-state index is 12.6. The fraction of sp³-hybridized carbons (Fsp3) is 0.188. The minimum atomic E-state index is -0.495. The molecule has 6 nitrogen and oxygen atoms in total. The largest absolute Gasteiger partial charge is 0.347 e. The Hall–Kier alpha value is -2.60. The second-order valence-electron chi connectivity index (χ2n) is 5.21. The zero-order chi connectivity index (χ0) is 16.6. The van der Waals surface area contributed by atoms with E-state index in [9.17, 15) is 9.59 Å². The normalized spacial score (nSPS) is 10.9. The molecule has 2 N–H and O–H groups in total. The van der Waals surface area contributed by atoms with Crippen LogP contribution in [0.5, 0.6) is 0 Å². The Bertz CT molecular complexity index is 958. The molecule has 23 heavy (non-hydrogen) atoms. The standard InChI is InChI=1S/C16H15ClN4O2/c1-3-21-8-12(16(23)18-14-6-9(2)19-20-14)15(22)11-7-10(17)4-5-13(11)21/h4-8H,3H2,1-2H3,(H2,18,19,20,23). The number of aromatic nitrogens is 3. The van der Waals surface area contributed by atoms with Crippen LogP contribution in [-0.2, 0) is 6.54 Å². The van der Waals surface area contributed by atoms with Gasteiger partial charge in [0.05, 0.1) is 5.52 Å². The predicted octanol–water partition coefficient (Wildman–Crippen LogP) is 2.96. The molecule has 2 aromatic heterocycles. The maximum atomic E-state index is 12.6. The molecule has 2 heterocycles. The highest BCUT2D eigenvalue weighted by Crippen LogP contribution is 2.18. The molecule has 0 radical (unpaired) electrons. The minimum Gasteiger partial charge on any atom is -0.347 e. The van der Waals surface area contributed by atoms with Crippen molar-refractivity contribution >= 4 is 34.2 Å².